The summed E-state index contributed by atoms with van der Waals surface area (Å²) in [7, 11) is 0. The molecule has 11 nitrogen and oxygen atoms in total. The Hall–Kier alpha value is -4.28. The van der Waals surface area contributed by atoms with Crippen LogP contribution in [-0.2, 0) is 16.1 Å². The number of ether oxygens (including phenoxy) is 1. The molecule has 2 N–H and O–H groups in total. The van der Waals surface area contributed by atoms with E-state index in [0.717, 1.165) is 11.0 Å². The van der Waals surface area contributed by atoms with Crippen LogP contribution in [0, 0.1) is 10.1 Å². The smallest absolute Gasteiger partial charge is 0.408 e. The zero-order valence-electron chi connectivity index (χ0n) is 16.0. The molecule has 0 fully saturated rings. The number of nitrogens with zero attached hydrogens (tertiary/aromatic N) is 2. The highest BCUT2D eigenvalue weighted by Crippen LogP contribution is 2.30. The summed E-state index contributed by atoms with van der Waals surface area (Å²) in [6.45, 7) is -0.430. The summed E-state index contributed by atoms with van der Waals surface area (Å²) in [6, 6.07) is 11.0. The minimum Gasteiger partial charge on any atom is -0.480 e. The number of fused-ring (bicyclic) bond motifs is 1. The van der Waals surface area contributed by atoms with Crippen molar-refractivity contribution in [3.05, 3.63) is 75.3 Å². The highest BCUT2D eigenvalue weighted by atomic mass is 16.6. The van der Waals surface area contributed by atoms with Gasteiger partial charge in [0.25, 0.3) is 17.5 Å². The van der Waals surface area contributed by atoms with Gasteiger partial charge in [-0.05, 0) is 18.1 Å². The van der Waals surface area contributed by atoms with Crippen LogP contribution in [0.4, 0.5) is 10.5 Å². The number of aliphatic carboxylic acids is 1. The van der Waals surface area contributed by atoms with E-state index in [9.17, 15) is 34.4 Å². The number of carboxylic acid groups (broad SMARTS) is 1. The Balaban J connectivity index is 1.62. The van der Waals surface area contributed by atoms with Crippen LogP contribution in [-0.4, -0.2) is 51.4 Å². The van der Waals surface area contributed by atoms with Crippen molar-refractivity contribution in [2.75, 3.05) is 6.54 Å². The summed E-state index contributed by atoms with van der Waals surface area (Å²) in [5.74, 6) is -3.04. The molecule has 0 saturated carbocycles. The molecule has 11 heteroatoms. The Labute approximate surface area is 175 Å². The van der Waals surface area contributed by atoms with E-state index in [1.54, 1.807) is 30.3 Å². The van der Waals surface area contributed by atoms with Gasteiger partial charge in [0.1, 0.15) is 18.2 Å². The van der Waals surface area contributed by atoms with Crippen molar-refractivity contribution in [3.8, 4) is 0 Å². The normalized spacial score (nSPS) is 13.5. The maximum absolute atomic E-state index is 12.5. The summed E-state index contributed by atoms with van der Waals surface area (Å²) in [6.07, 6.45) is -1.29. The second-order valence-corrected chi connectivity index (χ2v) is 6.60. The molecule has 0 bridgehead atoms. The number of nitro groups is 1. The van der Waals surface area contributed by atoms with Crippen LogP contribution in [0.1, 0.15) is 32.7 Å². The minimum absolute atomic E-state index is 0.0684. The first-order valence-corrected chi connectivity index (χ1v) is 9.13. The third-order valence-corrected chi connectivity index (χ3v) is 4.62. The SMILES string of the molecule is O=C(N[C@@H](CCN1C(=O)c2cccc([N+](=O)[O-])c2C1=O)C(=O)O)OCc1ccccc1. The lowest BCUT2D eigenvalue weighted by Gasteiger charge is -2.18. The first-order chi connectivity index (χ1) is 14.8. The average molecular weight is 427 g/mol. The standard InChI is InChI=1S/C20H17N3O8/c24-17-13-7-4-8-15(23(29)30)16(13)18(25)22(17)10-9-14(19(26)27)21-20(28)31-11-12-5-2-1-3-6-12/h1-8,14H,9-11H2,(H,21,28)(H,26,27)/t14-/m0/s1. The summed E-state index contributed by atoms with van der Waals surface area (Å²) in [4.78, 5) is 59.5. The van der Waals surface area contributed by atoms with Crippen molar-refractivity contribution in [1.82, 2.24) is 10.2 Å². The van der Waals surface area contributed by atoms with Crippen LogP contribution < -0.4 is 5.32 Å². The number of rotatable bonds is 8. The average Bonchev–Trinajstić information content (AvgIpc) is 3.00. The van der Waals surface area contributed by atoms with Gasteiger partial charge in [-0.3, -0.25) is 24.6 Å². The van der Waals surface area contributed by atoms with Crippen LogP contribution in [0.15, 0.2) is 48.5 Å². The second-order valence-electron chi connectivity index (χ2n) is 6.60. The number of hydrogen-bond acceptors (Lipinski definition) is 7. The van der Waals surface area contributed by atoms with Gasteiger partial charge < -0.3 is 15.2 Å². The Kier molecular flexibility index (Phi) is 6.24. The number of carboxylic acids is 1. The Morgan fingerprint density at radius 2 is 1.81 bits per heavy atom. The van der Waals surface area contributed by atoms with E-state index in [-0.39, 0.29) is 30.7 Å². The van der Waals surface area contributed by atoms with Crippen LogP contribution in [0.5, 0.6) is 0 Å². The first-order valence-electron chi connectivity index (χ1n) is 9.13. The molecule has 0 radical (unpaired) electrons. The fourth-order valence-corrected chi connectivity index (χ4v) is 3.09. The highest BCUT2D eigenvalue weighted by molar-refractivity contribution is 6.23. The lowest BCUT2D eigenvalue weighted by Crippen LogP contribution is -2.44. The molecule has 1 aliphatic rings. The third kappa shape index (κ3) is 4.66. The van der Waals surface area contributed by atoms with Gasteiger partial charge in [0.2, 0.25) is 0 Å². The minimum atomic E-state index is -1.44. The lowest BCUT2D eigenvalue weighted by atomic mass is 10.1. The summed E-state index contributed by atoms with van der Waals surface area (Å²) >= 11 is 0. The van der Waals surface area contributed by atoms with Gasteiger partial charge in [-0.25, -0.2) is 9.59 Å². The lowest BCUT2D eigenvalue weighted by molar-refractivity contribution is -0.385. The topological polar surface area (TPSA) is 156 Å². The highest BCUT2D eigenvalue weighted by Gasteiger charge is 2.41. The fourth-order valence-electron chi connectivity index (χ4n) is 3.09. The molecule has 1 atom stereocenters. The van der Waals surface area contributed by atoms with Gasteiger partial charge in [-0.15, -0.1) is 0 Å². The predicted molar refractivity (Wildman–Crippen MR) is 104 cm³/mol. The van der Waals surface area contributed by atoms with Crippen molar-refractivity contribution >= 4 is 29.6 Å². The van der Waals surface area contributed by atoms with Crippen LogP contribution in [0.2, 0.25) is 0 Å². The van der Waals surface area contributed by atoms with Crippen LogP contribution in [0.3, 0.4) is 0 Å². The molecule has 31 heavy (non-hydrogen) atoms. The third-order valence-electron chi connectivity index (χ3n) is 4.62. The number of nitro benzene ring substituents is 1. The molecule has 3 amide bonds. The van der Waals surface area contributed by atoms with Crippen molar-refractivity contribution in [2.24, 2.45) is 0 Å². The predicted octanol–water partition coefficient (Wildman–Crippen LogP) is 1.96. The van der Waals surface area contributed by atoms with E-state index in [4.69, 9.17) is 4.74 Å². The number of carbonyl (C=O) groups excluding carboxylic acids is 3. The van der Waals surface area contributed by atoms with E-state index >= 15 is 0 Å². The quantitative estimate of drug-likeness (QED) is 0.368. The van der Waals surface area contributed by atoms with E-state index in [1.165, 1.54) is 12.1 Å². The molecule has 2 aromatic rings. The number of benzene rings is 2. The van der Waals surface area contributed by atoms with Crippen molar-refractivity contribution < 1.29 is 33.9 Å². The monoisotopic (exact) mass is 427 g/mol. The van der Waals surface area contributed by atoms with E-state index < -0.39 is 40.5 Å². The first kappa shape index (κ1) is 21.4. The van der Waals surface area contributed by atoms with Gasteiger partial charge in [0.05, 0.1) is 10.5 Å². The molecule has 0 spiro atoms. The Morgan fingerprint density at radius 1 is 1.10 bits per heavy atom. The van der Waals surface area contributed by atoms with Gasteiger partial charge in [0, 0.05) is 12.6 Å². The Morgan fingerprint density at radius 3 is 2.45 bits per heavy atom. The second kappa shape index (κ2) is 9.03. The summed E-state index contributed by atoms with van der Waals surface area (Å²) in [5.41, 5.74) is -0.256. The zero-order chi connectivity index (χ0) is 22.5. The van der Waals surface area contributed by atoms with Gasteiger partial charge in [-0.2, -0.15) is 0 Å². The molecule has 1 aliphatic heterocycles. The number of carbonyl (C=O) groups is 4. The summed E-state index contributed by atoms with van der Waals surface area (Å²) < 4.78 is 4.98. The van der Waals surface area contributed by atoms with Crippen molar-refractivity contribution in [2.45, 2.75) is 19.1 Å². The molecule has 2 aromatic carbocycles. The molecule has 3 rings (SSSR count). The van der Waals surface area contributed by atoms with Crippen LogP contribution >= 0.6 is 0 Å². The van der Waals surface area contributed by atoms with Gasteiger partial charge >= 0.3 is 12.1 Å². The maximum atomic E-state index is 12.5. The van der Waals surface area contributed by atoms with Crippen molar-refractivity contribution in [3.63, 3.8) is 0 Å². The van der Waals surface area contributed by atoms with Crippen molar-refractivity contribution in [1.29, 1.82) is 0 Å². The van der Waals surface area contributed by atoms with Gasteiger partial charge in [0.15, 0.2) is 0 Å². The molecule has 160 valence electrons. The maximum Gasteiger partial charge on any atom is 0.408 e. The molecule has 0 saturated heterocycles. The molecular formula is C20H17N3O8. The number of nitrogens with one attached hydrogen (secondary N) is 1. The largest absolute Gasteiger partial charge is 0.480 e. The van der Waals surface area contributed by atoms with Crippen LogP contribution in [0.25, 0.3) is 0 Å². The number of alkyl carbamates (subject to hydrolysis) is 1. The van der Waals surface area contributed by atoms with Gasteiger partial charge in [-0.1, -0.05) is 36.4 Å². The number of amides is 3. The van der Waals surface area contributed by atoms with E-state index in [0.29, 0.717) is 5.56 Å². The van der Waals surface area contributed by atoms with E-state index in [1.807, 2.05) is 0 Å². The molecular weight excluding hydrogens is 410 g/mol. The Bertz CT molecular complexity index is 1050. The number of imide groups is 1. The molecule has 0 unspecified atom stereocenters. The molecule has 0 aromatic heterocycles. The molecule has 0 aliphatic carbocycles. The zero-order valence-corrected chi connectivity index (χ0v) is 16.0. The molecule has 1 heterocycles. The summed E-state index contributed by atoms with van der Waals surface area (Å²) in [5, 5.41) is 22.7. The fraction of sp³-hybridized carbons (Fsp3) is 0.200. The van der Waals surface area contributed by atoms with E-state index in [2.05, 4.69) is 5.32 Å². The number of hydrogen-bond donors (Lipinski definition) is 2.